The highest BCUT2D eigenvalue weighted by Gasteiger charge is 2.31. The van der Waals surface area contributed by atoms with Crippen LogP contribution in [0.15, 0.2) is 42.5 Å². The van der Waals surface area contributed by atoms with Crippen LogP contribution in [0.5, 0.6) is 5.75 Å². The van der Waals surface area contributed by atoms with E-state index in [4.69, 9.17) is 4.74 Å². The summed E-state index contributed by atoms with van der Waals surface area (Å²) in [6.07, 6.45) is 6.28. The van der Waals surface area contributed by atoms with Gasteiger partial charge in [-0.2, -0.15) is 0 Å². The lowest BCUT2D eigenvalue weighted by atomic mass is 9.95. The van der Waals surface area contributed by atoms with Crippen LogP contribution in [0.25, 0.3) is 0 Å². The van der Waals surface area contributed by atoms with Crippen LogP contribution >= 0.6 is 0 Å². The van der Waals surface area contributed by atoms with Crippen molar-refractivity contribution in [3.05, 3.63) is 59.2 Å². The van der Waals surface area contributed by atoms with Crippen molar-refractivity contribution < 1.29 is 22.7 Å². The molecule has 2 aromatic carbocycles. The molecule has 1 atom stereocenters. The molecular formula is C28H39N3O5S. The summed E-state index contributed by atoms with van der Waals surface area (Å²) < 4.78 is 32.0. The Hall–Kier alpha value is -3.07. The van der Waals surface area contributed by atoms with E-state index in [2.05, 4.69) is 5.32 Å². The first-order chi connectivity index (χ1) is 17.5. The number of benzene rings is 2. The molecule has 9 heteroatoms. The summed E-state index contributed by atoms with van der Waals surface area (Å²) in [5.41, 5.74) is 2.90. The number of aryl methyl sites for hydroxylation is 2. The summed E-state index contributed by atoms with van der Waals surface area (Å²) in [5.74, 6) is 0.00253. The number of hydrogen-bond donors (Lipinski definition) is 1. The van der Waals surface area contributed by atoms with Crippen LogP contribution in [0.3, 0.4) is 0 Å². The minimum Gasteiger partial charge on any atom is -0.497 e. The van der Waals surface area contributed by atoms with Gasteiger partial charge in [0, 0.05) is 12.6 Å². The lowest BCUT2D eigenvalue weighted by Crippen LogP contribution is -2.53. The quantitative estimate of drug-likeness (QED) is 0.503. The minimum atomic E-state index is -3.77. The van der Waals surface area contributed by atoms with E-state index in [0.717, 1.165) is 52.9 Å². The molecule has 0 unspecified atom stereocenters. The fourth-order valence-corrected chi connectivity index (χ4v) is 5.56. The molecule has 1 aliphatic carbocycles. The van der Waals surface area contributed by atoms with Gasteiger partial charge in [0.05, 0.1) is 19.1 Å². The first-order valence-electron chi connectivity index (χ1n) is 12.8. The predicted octanol–water partition coefficient (Wildman–Crippen LogP) is 3.94. The van der Waals surface area contributed by atoms with Gasteiger partial charge in [-0.1, -0.05) is 43.5 Å². The number of anilines is 1. The molecule has 2 amide bonds. The zero-order valence-corrected chi connectivity index (χ0v) is 23.3. The Morgan fingerprint density at radius 3 is 2.30 bits per heavy atom. The summed E-state index contributed by atoms with van der Waals surface area (Å²) in [4.78, 5) is 28.5. The van der Waals surface area contributed by atoms with Gasteiger partial charge in [-0.15, -0.1) is 0 Å². The SMILES string of the molecule is COc1ccc(CN(C(=O)CN(c2cc(C)ccc2C)S(C)(=O)=O)[C@H](C)C(=O)NC2CCCCC2)cc1. The number of hydrogen-bond acceptors (Lipinski definition) is 5. The second-order valence-corrected chi connectivity index (χ2v) is 11.9. The normalized spacial score (nSPS) is 15.1. The van der Waals surface area contributed by atoms with Gasteiger partial charge >= 0.3 is 0 Å². The molecule has 1 fully saturated rings. The number of carbonyl (C=O) groups is 2. The maximum atomic E-state index is 13.8. The van der Waals surface area contributed by atoms with Gasteiger partial charge in [-0.25, -0.2) is 8.42 Å². The summed E-state index contributed by atoms with van der Waals surface area (Å²) >= 11 is 0. The topological polar surface area (TPSA) is 96.0 Å². The highest BCUT2D eigenvalue weighted by molar-refractivity contribution is 7.92. The standard InChI is InChI=1S/C28H39N3O5S/c1-20-11-12-21(2)26(17-20)31(37(5,34)35)19-27(32)30(18-23-13-15-25(36-4)16-14-23)22(3)28(33)29-24-9-7-6-8-10-24/h11-17,22,24H,6-10,18-19H2,1-5H3,(H,29,33)/t22-/m1/s1. The Kier molecular flexibility index (Phi) is 9.59. The first kappa shape index (κ1) is 28.5. The Morgan fingerprint density at radius 2 is 1.70 bits per heavy atom. The number of nitrogens with one attached hydrogen (secondary N) is 1. The third-order valence-corrected chi connectivity index (χ3v) is 8.07. The van der Waals surface area contributed by atoms with Gasteiger partial charge in [0.2, 0.25) is 21.8 Å². The van der Waals surface area contributed by atoms with Crippen LogP contribution in [-0.4, -0.2) is 57.1 Å². The van der Waals surface area contributed by atoms with Crippen molar-refractivity contribution in [3.8, 4) is 5.75 Å². The lowest BCUT2D eigenvalue weighted by molar-refractivity contribution is -0.139. The number of methoxy groups -OCH3 is 1. The molecule has 3 rings (SSSR count). The van der Waals surface area contributed by atoms with E-state index in [-0.39, 0.29) is 18.5 Å². The third kappa shape index (κ3) is 7.71. The molecule has 1 N–H and O–H groups in total. The van der Waals surface area contributed by atoms with Crippen LogP contribution in [0.2, 0.25) is 0 Å². The van der Waals surface area contributed by atoms with Gasteiger partial charge in [0.25, 0.3) is 0 Å². The van der Waals surface area contributed by atoms with Crippen LogP contribution in [0, 0.1) is 13.8 Å². The van der Waals surface area contributed by atoms with Gasteiger partial charge in [-0.3, -0.25) is 13.9 Å². The van der Waals surface area contributed by atoms with E-state index in [9.17, 15) is 18.0 Å². The highest BCUT2D eigenvalue weighted by atomic mass is 32.2. The number of rotatable bonds is 10. The average Bonchev–Trinajstić information content (AvgIpc) is 2.87. The monoisotopic (exact) mass is 529 g/mol. The largest absolute Gasteiger partial charge is 0.497 e. The molecule has 0 saturated heterocycles. The summed E-state index contributed by atoms with van der Waals surface area (Å²) in [7, 11) is -2.19. The van der Waals surface area contributed by atoms with E-state index < -0.39 is 28.5 Å². The maximum Gasteiger partial charge on any atom is 0.244 e. The minimum absolute atomic E-state index is 0.101. The molecule has 2 aromatic rings. The molecule has 1 saturated carbocycles. The Bertz CT molecular complexity index is 1190. The zero-order valence-electron chi connectivity index (χ0n) is 22.5. The number of ether oxygens (including phenoxy) is 1. The van der Waals surface area contributed by atoms with E-state index in [1.54, 1.807) is 32.2 Å². The molecule has 1 aliphatic rings. The van der Waals surface area contributed by atoms with Crippen molar-refractivity contribution in [1.82, 2.24) is 10.2 Å². The van der Waals surface area contributed by atoms with E-state index in [1.807, 2.05) is 38.1 Å². The number of carbonyl (C=O) groups excluding carboxylic acids is 2. The second kappa shape index (κ2) is 12.4. The summed E-state index contributed by atoms with van der Waals surface area (Å²) in [5, 5.41) is 3.11. The van der Waals surface area contributed by atoms with Crippen molar-refractivity contribution in [3.63, 3.8) is 0 Å². The molecule has 0 spiro atoms. The fourth-order valence-electron chi connectivity index (χ4n) is 4.66. The highest BCUT2D eigenvalue weighted by Crippen LogP contribution is 2.25. The van der Waals surface area contributed by atoms with Crippen LogP contribution in [0.1, 0.15) is 55.7 Å². The first-order valence-corrected chi connectivity index (χ1v) is 14.6. The lowest BCUT2D eigenvalue weighted by Gasteiger charge is -2.33. The van der Waals surface area contributed by atoms with E-state index in [1.165, 1.54) is 11.3 Å². The summed E-state index contributed by atoms with van der Waals surface area (Å²) in [6.45, 7) is 5.14. The van der Waals surface area contributed by atoms with Gasteiger partial charge < -0.3 is 15.0 Å². The molecule has 0 heterocycles. The van der Waals surface area contributed by atoms with Crippen LogP contribution < -0.4 is 14.4 Å². The van der Waals surface area contributed by atoms with E-state index in [0.29, 0.717) is 11.4 Å². The molecule has 37 heavy (non-hydrogen) atoms. The average molecular weight is 530 g/mol. The van der Waals surface area contributed by atoms with Gasteiger partial charge in [0.1, 0.15) is 18.3 Å². The van der Waals surface area contributed by atoms with Crippen molar-refractivity contribution >= 4 is 27.5 Å². The molecule has 0 bridgehead atoms. The number of sulfonamides is 1. The Morgan fingerprint density at radius 1 is 1.05 bits per heavy atom. The predicted molar refractivity (Wildman–Crippen MR) is 146 cm³/mol. The molecule has 0 radical (unpaired) electrons. The Labute approximate surface area is 221 Å². The van der Waals surface area contributed by atoms with Crippen molar-refractivity contribution in [2.24, 2.45) is 0 Å². The van der Waals surface area contributed by atoms with Crippen LogP contribution in [0.4, 0.5) is 5.69 Å². The fraction of sp³-hybridized carbons (Fsp3) is 0.500. The summed E-state index contributed by atoms with van der Waals surface area (Å²) in [6, 6.07) is 12.1. The van der Waals surface area contributed by atoms with E-state index >= 15 is 0 Å². The zero-order chi connectivity index (χ0) is 27.2. The molecule has 8 nitrogen and oxygen atoms in total. The number of nitrogens with zero attached hydrogens (tertiary/aromatic N) is 2. The molecule has 0 aliphatic heterocycles. The van der Waals surface area contributed by atoms with Crippen molar-refractivity contribution in [2.45, 2.75) is 71.5 Å². The van der Waals surface area contributed by atoms with Gasteiger partial charge in [0.15, 0.2) is 0 Å². The molecule has 202 valence electrons. The van der Waals surface area contributed by atoms with Crippen molar-refractivity contribution in [2.75, 3.05) is 24.2 Å². The third-order valence-electron chi connectivity index (χ3n) is 6.94. The Balaban J connectivity index is 1.90. The smallest absolute Gasteiger partial charge is 0.244 e. The molecule has 0 aromatic heterocycles. The number of amides is 2. The van der Waals surface area contributed by atoms with Crippen molar-refractivity contribution in [1.29, 1.82) is 0 Å². The maximum absolute atomic E-state index is 13.8. The second-order valence-electron chi connectivity index (χ2n) is 9.95. The van der Waals surface area contributed by atoms with Gasteiger partial charge in [-0.05, 0) is 68.5 Å². The molecular weight excluding hydrogens is 490 g/mol. The van der Waals surface area contributed by atoms with Crippen LogP contribution in [-0.2, 0) is 26.2 Å².